The number of anilines is 1. The predicted octanol–water partition coefficient (Wildman–Crippen LogP) is 3.28. The Morgan fingerprint density at radius 3 is 2.48 bits per heavy atom. The standard InChI is InChI=1S/C18H22BrN3O3S2/c1-13-3-4-15(20-14(2)23)11-17(13)27(24,25)22-9-7-21(8-10-22)12-16-5-6-18(19)26-16/h3-6,11H,7-10,12H2,1-2H3,(H,20,23). The largest absolute Gasteiger partial charge is 0.326 e. The van der Waals surface area contributed by atoms with Crippen LogP contribution >= 0.6 is 27.3 Å². The fourth-order valence-corrected chi connectivity index (χ4v) is 6.28. The second-order valence-electron chi connectivity index (χ2n) is 6.55. The van der Waals surface area contributed by atoms with E-state index in [-0.39, 0.29) is 10.8 Å². The van der Waals surface area contributed by atoms with Crippen LogP contribution in [0.4, 0.5) is 5.69 Å². The zero-order valence-corrected chi connectivity index (χ0v) is 18.5. The van der Waals surface area contributed by atoms with Crippen molar-refractivity contribution in [3.63, 3.8) is 0 Å². The molecule has 27 heavy (non-hydrogen) atoms. The summed E-state index contributed by atoms with van der Waals surface area (Å²) in [6.45, 7) is 6.31. The van der Waals surface area contributed by atoms with E-state index in [2.05, 4.69) is 32.2 Å². The molecular formula is C18H22BrN3O3S2. The van der Waals surface area contributed by atoms with E-state index in [0.29, 0.717) is 37.4 Å². The average Bonchev–Trinajstić information content (AvgIpc) is 3.01. The van der Waals surface area contributed by atoms with Crippen molar-refractivity contribution in [3.05, 3.63) is 44.6 Å². The second kappa shape index (κ2) is 8.40. The molecule has 1 fully saturated rings. The van der Waals surface area contributed by atoms with Crippen LogP contribution in [0.5, 0.6) is 0 Å². The highest BCUT2D eigenvalue weighted by molar-refractivity contribution is 9.11. The molecule has 1 aromatic carbocycles. The highest BCUT2D eigenvalue weighted by Gasteiger charge is 2.30. The van der Waals surface area contributed by atoms with Crippen LogP contribution < -0.4 is 5.32 Å². The van der Waals surface area contributed by atoms with Crippen LogP contribution in [0.1, 0.15) is 17.4 Å². The number of aryl methyl sites for hydroxylation is 1. The third-order valence-electron chi connectivity index (χ3n) is 4.47. The molecule has 0 bridgehead atoms. The second-order valence-corrected chi connectivity index (χ2v) is 11.0. The number of amides is 1. The van der Waals surface area contributed by atoms with Crippen LogP contribution in [0.25, 0.3) is 0 Å². The molecule has 0 atom stereocenters. The molecule has 0 aliphatic carbocycles. The first-order valence-corrected chi connectivity index (χ1v) is 11.7. The van der Waals surface area contributed by atoms with E-state index in [1.165, 1.54) is 16.1 Å². The van der Waals surface area contributed by atoms with Crippen molar-refractivity contribution < 1.29 is 13.2 Å². The SMILES string of the molecule is CC(=O)Nc1ccc(C)c(S(=O)(=O)N2CCN(Cc3ccc(Br)s3)CC2)c1. The number of hydrogen-bond donors (Lipinski definition) is 1. The van der Waals surface area contributed by atoms with Crippen molar-refractivity contribution in [2.75, 3.05) is 31.5 Å². The number of sulfonamides is 1. The first-order chi connectivity index (χ1) is 12.8. The molecule has 1 saturated heterocycles. The fraction of sp³-hybridized carbons (Fsp3) is 0.389. The summed E-state index contributed by atoms with van der Waals surface area (Å²) < 4.78 is 28.9. The van der Waals surface area contributed by atoms with Crippen LogP contribution in [0.15, 0.2) is 39.0 Å². The molecule has 3 rings (SSSR count). The van der Waals surface area contributed by atoms with Gasteiger partial charge >= 0.3 is 0 Å². The van der Waals surface area contributed by atoms with Crippen molar-refractivity contribution in [2.45, 2.75) is 25.3 Å². The summed E-state index contributed by atoms with van der Waals surface area (Å²) >= 11 is 5.17. The van der Waals surface area contributed by atoms with E-state index in [0.717, 1.165) is 10.3 Å². The molecule has 2 heterocycles. The molecule has 0 unspecified atom stereocenters. The number of hydrogen-bond acceptors (Lipinski definition) is 5. The number of piperazine rings is 1. The third kappa shape index (κ3) is 4.97. The zero-order chi connectivity index (χ0) is 19.6. The topological polar surface area (TPSA) is 69.7 Å². The minimum absolute atomic E-state index is 0.226. The van der Waals surface area contributed by atoms with Crippen molar-refractivity contribution in [1.29, 1.82) is 0 Å². The molecule has 2 aromatic rings. The molecule has 1 aliphatic rings. The third-order valence-corrected chi connectivity index (χ3v) is 8.11. The number of benzene rings is 1. The Bertz CT molecular complexity index is 935. The molecule has 0 saturated carbocycles. The Kier molecular flexibility index (Phi) is 6.37. The Hall–Kier alpha value is -1.26. The van der Waals surface area contributed by atoms with Gasteiger partial charge in [-0.3, -0.25) is 9.69 Å². The normalized spacial score (nSPS) is 16.4. The van der Waals surface area contributed by atoms with Crippen LogP contribution in [0, 0.1) is 6.92 Å². The van der Waals surface area contributed by atoms with Gasteiger partial charge in [-0.15, -0.1) is 11.3 Å². The van der Waals surface area contributed by atoms with Crippen LogP contribution in [-0.2, 0) is 21.4 Å². The van der Waals surface area contributed by atoms with Crippen molar-refractivity contribution in [2.24, 2.45) is 0 Å². The minimum Gasteiger partial charge on any atom is -0.326 e. The highest BCUT2D eigenvalue weighted by Crippen LogP contribution is 2.26. The van der Waals surface area contributed by atoms with Gasteiger partial charge in [0, 0.05) is 50.2 Å². The first kappa shape index (κ1) is 20.5. The number of rotatable bonds is 5. The van der Waals surface area contributed by atoms with Gasteiger partial charge in [-0.1, -0.05) is 6.07 Å². The van der Waals surface area contributed by atoms with E-state index < -0.39 is 10.0 Å². The van der Waals surface area contributed by atoms with E-state index in [9.17, 15) is 13.2 Å². The maximum Gasteiger partial charge on any atom is 0.243 e. The lowest BCUT2D eigenvalue weighted by atomic mass is 10.2. The minimum atomic E-state index is -3.59. The summed E-state index contributed by atoms with van der Waals surface area (Å²) in [4.78, 5) is 15.1. The smallest absolute Gasteiger partial charge is 0.243 e. The molecule has 146 valence electrons. The van der Waals surface area contributed by atoms with Gasteiger partial charge in [0.25, 0.3) is 0 Å². The van der Waals surface area contributed by atoms with Crippen LogP contribution in [-0.4, -0.2) is 49.7 Å². The molecule has 0 radical (unpaired) electrons. The summed E-state index contributed by atoms with van der Waals surface area (Å²) in [6, 6.07) is 9.11. The summed E-state index contributed by atoms with van der Waals surface area (Å²) in [5, 5.41) is 2.65. The van der Waals surface area contributed by atoms with Gasteiger partial charge in [0.05, 0.1) is 8.68 Å². The molecule has 1 amide bonds. The Balaban J connectivity index is 1.70. The van der Waals surface area contributed by atoms with Crippen molar-refractivity contribution >= 4 is 48.9 Å². The number of thiophene rings is 1. The quantitative estimate of drug-likeness (QED) is 0.725. The Labute approximate surface area is 172 Å². The molecular weight excluding hydrogens is 450 g/mol. The monoisotopic (exact) mass is 471 g/mol. The molecule has 9 heteroatoms. The van der Waals surface area contributed by atoms with Gasteiger partial charge in [-0.2, -0.15) is 4.31 Å². The van der Waals surface area contributed by atoms with E-state index in [1.807, 2.05) is 6.07 Å². The fourth-order valence-electron chi connectivity index (χ4n) is 3.08. The molecule has 1 aromatic heterocycles. The first-order valence-electron chi connectivity index (χ1n) is 8.60. The maximum atomic E-state index is 13.1. The highest BCUT2D eigenvalue weighted by atomic mass is 79.9. The summed E-state index contributed by atoms with van der Waals surface area (Å²) in [5.41, 5.74) is 1.17. The molecule has 6 nitrogen and oxygen atoms in total. The summed E-state index contributed by atoms with van der Waals surface area (Å²) in [6.07, 6.45) is 0. The number of halogens is 1. The number of carbonyl (C=O) groups excluding carboxylic acids is 1. The van der Waals surface area contributed by atoms with Gasteiger partial charge < -0.3 is 5.32 Å². The average molecular weight is 472 g/mol. The lowest BCUT2D eigenvalue weighted by molar-refractivity contribution is -0.114. The molecule has 1 N–H and O–H groups in total. The zero-order valence-electron chi connectivity index (χ0n) is 15.2. The van der Waals surface area contributed by atoms with Crippen molar-refractivity contribution in [1.82, 2.24) is 9.21 Å². The van der Waals surface area contributed by atoms with E-state index in [1.54, 1.807) is 36.5 Å². The van der Waals surface area contributed by atoms with Gasteiger partial charge in [0.15, 0.2) is 0 Å². The predicted molar refractivity (Wildman–Crippen MR) is 112 cm³/mol. The van der Waals surface area contributed by atoms with Crippen LogP contribution in [0.2, 0.25) is 0 Å². The van der Waals surface area contributed by atoms with Gasteiger partial charge in [0.1, 0.15) is 0 Å². The van der Waals surface area contributed by atoms with Gasteiger partial charge in [0.2, 0.25) is 15.9 Å². The van der Waals surface area contributed by atoms with E-state index >= 15 is 0 Å². The van der Waals surface area contributed by atoms with E-state index in [4.69, 9.17) is 0 Å². The van der Waals surface area contributed by atoms with Gasteiger partial charge in [-0.05, 0) is 52.7 Å². The van der Waals surface area contributed by atoms with Crippen LogP contribution in [0.3, 0.4) is 0 Å². The van der Waals surface area contributed by atoms with Gasteiger partial charge in [-0.25, -0.2) is 8.42 Å². The molecule has 0 spiro atoms. The molecule has 1 aliphatic heterocycles. The Morgan fingerprint density at radius 2 is 1.89 bits per heavy atom. The lowest BCUT2D eigenvalue weighted by Gasteiger charge is -2.34. The maximum absolute atomic E-state index is 13.1. The van der Waals surface area contributed by atoms with Crippen molar-refractivity contribution in [3.8, 4) is 0 Å². The summed E-state index contributed by atoms with van der Waals surface area (Å²) in [5.74, 6) is -0.226. The summed E-state index contributed by atoms with van der Waals surface area (Å²) in [7, 11) is -3.59. The number of carbonyl (C=O) groups is 1. The Morgan fingerprint density at radius 1 is 1.19 bits per heavy atom. The number of nitrogens with zero attached hydrogens (tertiary/aromatic N) is 2. The number of nitrogens with one attached hydrogen (secondary N) is 1. The lowest BCUT2D eigenvalue weighted by Crippen LogP contribution is -2.48.